The average Bonchev–Trinajstić information content (AvgIpc) is 3.13. The Morgan fingerprint density at radius 2 is 2.18 bits per heavy atom. The van der Waals surface area contributed by atoms with Crippen LogP contribution in [0.3, 0.4) is 0 Å². The summed E-state index contributed by atoms with van der Waals surface area (Å²) < 4.78 is 5.77. The fourth-order valence-corrected chi connectivity index (χ4v) is 2.94. The zero-order chi connectivity index (χ0) is 15.4. The third kappa shape index (κ3) is 3.65. The lowest BCUT2D eigenvalue weighted by molar-refractivity contribution is -0.117. The van der Waals surface area contributed by atoms with Gasteiger partial charge in [-0.3, -0.25) is 4.79 Å². The van der Waals surface area contributed by atoms with Gasteiger partial charge in [-0.15, -0.1) is 11.3 Å². The molecular weight excluding hydrogens is 294 g/mol. The zero-order valence-electron chi connectivity index (χ0n) is 12.3. The Kier molecular flexibility index (Phi) is 4.39. The highest BCUT2D eigenvalue weighted by Crippen LogP contribution is 2.19. The number of para-hydroxylation sites is 1. The van der Waals surface area contributed by atoms with Crippen LogP contribution in [0.15, 0.2) is 58.3 Å². The molecular formula is C18H17NO2S. The van der Waals surface area contributed by atoms with E-state index in [2.05, 4.69) is 5.32 Å². The maximum atomic E-state index is 11.9. The van der Waals surface area contributed by atoms with Gasteiger partial charge >= 0.3 is 0 Å². The molecule has 1 amide bonds. The van der Waals surface area contributed by atoms with E-state index in [0.717, 1.165) is 21.6 Å². The van der Waals surface area contributed by atoms with Crippen LogP contribution in [0.5, 0.6) is 0 Å². The van der Waals surface area contributed by atoms with Gasteiger partial charge in [-0.25, -0.2) is 0 Å². The van der Waals surface area contributed by atoms with E-state index in [1.807, 2.05) is 60.8 Å². The van der Waals surface area contributed by atoms with Gasteiger partial charge in [0.15, 0.2) is 0 Å². The van der Waals surface area contributed by atoms with Gasteiger partial charge in [0.25, 0.3) is 0 Å². The van der Waals surface area contributed by atoms with Gasteiger partial charge in [0, 0.05) is 28.8 Å². The summed E-state index contributed by atoms with van der Waals surface area (Å²) in [5.74, 6) is 0.799. The number of nitrogens with one attached hydrogen (secondary N) is 1. The minimum absolute atomic E-state index is 0.0149. The molecule has 1 N–H and O–H groups in total. The van der Waals surface area contributed by atoms with Crippen molar-refractivity contribution in [2.24, 2.45) is 0 Å². The van der Waals surface area contributed by atoms with E-state index in [0.29, 0.717) is 6.42 Å². The van der Waals surface area contributed by atoms with Crippen LogP contribution >= 0.6 is 11.3 Å². The second-order valence-electron chi connectivity index (χ2n) is 5.21. The maximum absolute atomic E-state index is 11.9. The van der Waals surface area contributed by atoms with Gasteiger partial charge in [-0.05, 0) is 36.6 Å². The van der Waals surface area contributed by atoms with Crippen molar-refractivity contribution in [3.8, 4) is 0 Å². The lowest BCUT2D eigenvalue weighted by Gasteiger charge is -2.10. The Labute approximate surface area is 133 Å². The maximum Gasteiger partial charge on any atom is 0.244 e. The lowest BCUT2D eigenvalue weighted by Crippen LogP contribution is -2.32. The number of carbonyl (C=O) groups excluding carboxylic acids is 1. The first-order chi connectivity index (χ1) is 10.7. The minimum Gasteiger partial charge on any atom is -0.461 e. The molecule has 0 bridgehead atoms. The third-order valence-electron chi connectivity index (χ3n) is 3.31. The van der Waals surface area contributed by atoms with Crippen molar-refractivity contribution in [1.82, 2.24) is 5.32 Å². The molecule has 0 radical (unpaired) electrons. The molecule has 1 aromatic carbocycles. The summed E-state index contributed by atoms with van der Waals surface area (Å²) in [5, 5.41) is 6.03. The molecule has 3 aromatic rings. The summed E-state index contributed by atoms with van der Waals surface area (Å²) in [6.07, 6.45) is 4.07. The Bertz CT molecular complexity index is 753. The van der Waals surface area contributed by atoms with Crippen LogP contribution in [0.4, 0.5) is 0 Å². The molecule has 0 fully saturated rings. The van der Waals surface area contributed by atoms with Gasteiger partial charge in [-0.2, -0.15) is 0 Å². The molecule has 0 saturated heterocycles. The molecule has 0 spiro atoms. The van der Waals surface area contributed by atoms with Crippen molar-refractivity contribution in [3.05, 3.63) is 64.6 Å². The van der Waals surface area contributed by atoms with Gasteiger partial charge in [0.2, 0.25) is 5.91 Å². The number of rotatable bonds is 5. The molecule has 2 aromatic heterocycles. The van der Waals surface area contributed by atoms with Crippen LogP contribution in [-0.2, 0) is 11.2 Å². The molecule has 0 aliphatic carbocycles. The highest BCUT2D eigenvalue weighted by Gasteiger charge is 2.10. The van der Waals surface area contributed by atoms with Crippen LogP contribution in [0.2, 0.25) is 0 Å². The topological polar surface area (TPSA) is 42.2 Å². The summed E-state index contributed by atoms with van der Waals surface area (Å²) in [6.45, 7) is 1.98. The smallest absolute Gasteiger partial charge is 0.244 e. The van der Waals surface area contributed by atoms with Gasteiger partial charge in [0.05, 0.1) is 0 Å². The molecule has 0 aliphatic heterocycles. The summed E-state index contributed by atoms with van der Waals surface area (Å²) in [6, 6.07) is 13.9. The first kappa shape index (κ1) is 14.6. The van der Waals surface area contributed by atoms with E-state index < -0.39 is 0 Å². The zero-order valence-corrected chi connectivity index (χ0v) is 13.1. The number of benzene rings is 1. The lowest BCUT2D eigenvalue weighted by atomic mass is 10.2. The second kappa shape index (κ2) is 6.62. The molecule has 3 nitrogen and oxygen atoms in total. The van der Waals surface area contributed by atoms with E-state index in [9.17, 15) is 4.79 Å². The summed E-state index contributed by atoms with van der Waals surface area (Å²) >= 11 is 1.61. The number of fused-ring (bicyclic) bond motifs is 1. The van der Waals surface area contributed by atoms with E-state index in [4.69, 9.17) is 4.42 Å². The largest absolute Gasteiger partial charge is 0.461 e. The fourth-order valence-electron chi connectivity index (χ4n) is 2.33. The van der Waals surface area contributed by atoms with Crippen molar-refractivity contribution in [1.29, 1.82) is 0 Å². The first-order valence-corrected chi connectivity index (χ1v) is 8.08. The Balaban J connectivity index is 1.57. The number of carbonyl (C=O) groups is 1. The molecule has 112 valence electrons. The normalized spacial score (nSPS) is 12.8. The Hall–Kier alpha value is -2.33. The quantitative estimate of drug-likeness (QED) is 0.716. The predicted octanol–water partition coefficient (Wildman–Crippen LogP) is 4.25. The van der Waals surface area contributed by atoms with Crippen LogP contribution in [0.1, 0.15) is 17.6 Å². The van der Waals surface area contributed by atoms with Gasteiger partial charge in [-0.1, -0.05) is 24.3 Å². The molecule has 0 aliphatic rings. The van der Waals surface area contributed by atoms with Gasteiger partial charge < -0.3 is 9.73 Å². The molecule has 2 heterocycles. The number of thiophene rings is 1. The van der Waals surface area contributed by atoms with E-state index in [1.165, 1.54) is 0 Å². The van der Waals surface area contributed by atoms with E-state index in [1.54, 1.807) is 17.4 Å². The fraction of sp³-hybridized carbons (Fsp3) is 0.167. The van der Waals surface area contributed by atoms with Crippen molar-refractivity contribution in [2.45, 2.75) is 19.4 Å². The average molecular weight is 311 g/mol. The highest BCUT2D eigenvalue weighted by molar-refractivity contribution is 7.10. The van der Waals surface area contributed by atoms with Gasteiger partial charge in [0.1, 0.15) is 11.3 Å². The summed E-state index contributed by atoms with van der Waals surface area (Å²) in [4.78, 5) is 13.0. The molecule has 0 saturated carbocycles. The summed E-state index contributed by atoms with van der Waals surface area (Å²) in [5.41, 5.74) is 0.883. The Morgan fingerprint density at radius 1 is 1.32 bits per heavy atom. The van der Waals surface area contributed by atoms with E-state index in [-0.39, 0.29) is 11.9 Å². The van der Waals surface area contributed by atoms with Crippen LogP contribution in [-0.4, -0.2) is 11.9 Å². The SMILES string of the molecule is C[C@H](Cc1cc2ccccc2o1)NC(=O)/C=C/c1cccs1. The molecule has 0 unspecified atom stereocenters. The number of hydrogen-bond donors (Lipinski definition) is 1. The molecule has 4 heteroatoms. The second-order valence-corrected chi connectivity index (χ2v) is 6.19. The predicted molar refractivity (Wildman–Crippen MR) is 90.9 cm³/mol. The van der Waals surface area contributed by atoms with Crippen LogP contribution < -0.4 is 5.32 Å². The van der Waals surface area contributed by atoms with Crippen LogP contribution in [0.25, 0.3) is 17.0 Å². The van der Waals surface area contributed by atoms with Crippen molar-refractivity contribution in [3.63, 3.8) is 0 Å². The first-order valence-electron chi connectivity index (χ1n) is 7.20. The molecule has 1 atom stereocenters. The summed E-state index contributed by atoms with van der Waals surface area (Å²) in [7, 11) is 0. The molecule has 22 heavy (non-hydrogen) atoms. The molecule has 3 rings (SSSR count). The van der Waals surface area contributed by atoms with Crippen molar-refractivity contribution < 1.29 is 9.21 Å². The van der Waals surface area contributed by atoms with Crippen LogP contribution in [0, 0.1) is 0 Å². The van der Waals surface area contributed by atoms with E-state index >= 15 is 0 Å². The highest BCUT2D eigenvalue weighted by atomic mass is 32.1. The minimum atomic E-state index is -0.0861. The third-order valence-corrected chi connectivity index (χ3v) is 4.15. The number of furan rings is 1. The standard InChI is InChI=1S/C18H17NO2S/c1-13(19-18(20)9-8-16-6-4-10-22-16)11-15-12-14-5-2-3-7-17(14)21-15/h2-10,12-13H,11H2,1H3,(H,19,20)/b9-8+/t13-/m1/s1. The number of hydrogen-bond acceptors (Lipinski definition) is 3. The van der Waals surface area contributed by atoms with Crippen molar-refractivity contribution in [2.75, 3.05) is 0 Å². The Morgan fingerprint density at radius 3 is 2.95 bits per heavy atom. The van der Waals surface area contributed by atoms with Crippen molar-refractivity contribution >= 4 is 34.3 Å². The number of amides is 1. The monoisotopic (exact) mass is 311 g/mol.